The highest BCUT2D eigenvalue weighted by Gasteiger charge is 2.10. The summed E-state index contributed by atoms with van der Waals surface area (Å²) < 4.78 is 5.35. The van der Waals surface area contributed by atoms with Crippen LogP contribution in [-0.4, -0.2) is 43.7 Å². The van der Waals surface area contributed by atoms with E-state index < -0.39 is 0 Å². The molecule has 1 saturated heterocycles. The lowest BCUT2D eigenvalue weighted by Gasteiger charge is -2.26. The fraction of sp³-hybridized carbons (Fsp3) is 0.588. The molecule has 0 radical (unpaired) electrons. The molecule has 1 N–H and O–H groups in total. The van der Waals surface area contributed by atoms with Gasteiger partial charge in [0, 0.05) is 31.7 Å². The van der Waals surface area contributed by atoms with E-state index in [4.69, 9.17) is 4.74 Å². The molecule has 0 bridgehead atoms. The second-order valence-corrected chi connectivity index (χ2v) is 6.05. The Kier molecular flexibility index (Phi) is 6.21. The van der Waals surface area contributed by atoms with E-state index in [2.05, 4.69) is 22.3 Å². The molecule has 1 aliphatic rings. The maximum atomic E-state index is 11.7. The highest BCUT2D eigenvalue weighted by molar-refractivity contribution is 5.90. The Morgan fingerprint density at radius 3 is 2.52 bits per heavy atom. The van der Waals surface area contributed by atoms with Crippen LogP contribution in [0, 0.1) is 5.92 Å². The van der Waals surface area contributed by atoms with Crippen molar-refractivity contribution in [3.63, 3.8) is 0 Å². The molecule has 0 aromatic heterocycles. The Labute approximate surface area is 127 Å². The molecule has 0 unspecified atom stereocenters. The summed E-state index contributed by atoms with van der Waals surface area (Å²) in [6.45, 7) is 8.93. The lowest BCUT2D eigenvalue weighted by Crippen LogP contribution is -2.37. The molecule has 21 heavy (non-hydrogen) atoms. The van der Waals surface area contributed by atoms with E-state index in [0.717, 1.165) is 45.0 Å². The predicted molar refractivity (Wildman–Crippen MR) is 85.5 cm³/mol. The van der Waals surface area contributed by atoms with Crippen LogP contribution in [0.2, 0.25) is 0 Å². The number of amides is 1. The number of carbonyl (C=O) groups is 1. The summed E-state index contributed by atoms with van der Waals surface area (Å²) in [6.07, 6.45) is 1.61. The number of carbonyl (C=O) groups excluding carboxylic acids is 1. The third-order valence-corrected chi connectivity index (χ3v) is 3.65. The lowest BCUT2D eigenvalue weighted by atomic mass is 10.1. The second kappa shape index (κ2) is 8.15. The molecule has 1 aliphatic heterocycles. The minimum atomic E-state index is 0.0890. The van der Waals surface area contributed by atoms with E-state index in [1.807, 2.05) is 26.0 Å². The maximum Gasteiger partial charge on any atom is 0.224 e. The Morgan fingerprint density at radius 2 is 1.90 bits per heavy atom. The number of nitrogens with one attached hydrogen (secondary N) is 1. The summed E-state index contributed by atoms with van der Waals surface area (Å²) in [5.41, 5.74) is 2.19. The average molecular weight is 290 g/mol. The molecule has 2 rings (SSSR count). The van der Waals surface area contributed by atoms with E-state index in [-0.39, 0.29) is 5.91 Å². The minimum absolute atomic E-state index is 0.0890. The first-order valence-electron chi connectivity index (χ1n) is 7.82. The fourth-order valence-corrected chi connectivity index (χ4v) is 2.45. The quantitative estimate of drug-likeness (QED) is 0.875. The van der Waals surface area contributed by atoms with Gasteiger partial charge in [-0.05, 0) is 30.0 Å². The Morgan fingerprint density at radius 1 is 1.24 bits per heavy atom. The van der Waals surface area contributed by atoms with Gasteiger partial charge in [-0.25, -0.2) is 0 Å². The first-order chi connectivity index (χ1) is 10.1. The summed E-state index contributed by atoms with van der Waals surface area (Å²) in [5.74, 6) is 0.476. The van der Waals surface area contributed by atoms with Gasteiger partial charge in [-0.15, -0.1) is 0 Å². The van der Waals surface area contributed by atoms with Crippen LogP contribution in [0.4, 0.5) is 5.69 Å². The molecular formula is C17H26N2O2. The molecule has 1 aromatic rings. The average Bonchev–Trinajstić information content (AvgIpc) is 2.47. The minimum Gasteiger partial charge on any atom is -0.379 e. The molecule has 0 aliphatic carbocycles. The highest BCUT2D eigenvalue weighted by atomic mass is 16.5. The van der Waals surface area contributed by atoms with Crippen LogP contribution in [0.15, 0.2) is 24.3 Å². The highest BCUT2D eigenvalue weighted by Crippen LogP contribution is 2.12. The van der Waals surface area contributed by atoms with Crippen molar-refractivity contribution in [2.45, 2.75) is 26.7 Å². The Bertz CT molecular complexity index is 437. The standard InChI is InChI=1S/C17H26N2O2/c1-14(2)13-17(20)18-16-5-3-15(4-6-16)7-8-19-9-11-21-12-10-19/h3-6,14H,7-13H2,1-2H3,(H,18,20). The first kappa shape index (κ1) is 16.0. The first-order valence-corrected chi connectivity index (χ1v) is 7.82. The number of ether oxygens (including phenoxy) is 1. The number of anilines is 1. The number of hydrogen-bond donors (Lipinski definition) is 1. The van der Waals surface area contributed by atoms with Gasteiger partial charge in [-0.2, -0.15) is 0 Å². The number of morpholine rings is 1. The predicted octanol–water partition coefficient (Wildman–Crippen LogP) is 2.55. The molecule has 1 amide bonds. The SMILES string of the molecule is CC(C)CC(=O)Nc1ccc(CCN2CCOCC2)cc1. The van der Waals surface area contributed by atoms with Crippen LogP contribution in [0.1, 0.15) is 25.8 Å². The molecule has 1 aromatic carbocycles. The molecule has 0 spiro atoms. The van der Waals surface area contributed by atoms with Gasteiger partial charge >= 0.3 is 0 Å². The molecular weight excluding hydrogens is 264 g/mol. The van der Waals surface area contributed by atoms with E-state index in [0.29, 0.717) is 12.3 Å². The second-order valence-electron chi connectivity index (χ2n) is 6.05. The zero-order valence-corrected chi connectivity index (χ0v) is 13.1. The number of rotatable bonds is 6. The van der Waals surface area contributed by atoms with Gasteiger partial charge in [-0.1, -0.05) is 26.0 Å². The van der Waals surface area contributed by atoms with Crippen LogP contribution < -0.4 is 5.32 Å². The summed E-state index contributed by atoms with van der Waals surface area (Å²) in [4.78, 5) is 14.1. The summed E-state index contributed by atoms with van der Waals surface area (Å²) in [5, 5.41) is 2.94. The van der Waals surface area contributed by atoms with Crippen molar-refractivity contribution in [2.24, 2.45) is 5.92 Å². The van der Waals surface area contributed by atoms with Crippen LogP contribution in [0.3, 0.4) is 0 Å². The zero-order valence-electron chi connectivity index (χ0n) is 13.1. The zero-order chi connectivity index (χ0) is 15.1. The van der Waals surface area contributed by atoms with Crippen LogP contribution in [0.5, 0.6) is 0 Å². The van der Waals surface area contributed by atoms with Crippen LogP contribution in [-0.2, 0) is 16.0 Å². The van der Waals surface area contributed by atoms with Gasteiger partial charge in [0.05, 0.1) is 13.2 Å². The van der Waals surface area contributed by atoms with Gasteiger partial charge in [0.1, 0.15) is 0 Å². The number of benzene rings is 1. The van der Waals surface area contributed by atoms with Crippen molar-refractivity contribution in [3.8, 4) is 0 Å². The van der Waals surface area contributed by atoms with E-state index in [1.165, 1.54) is 5.56 Å². The summed E-state index contributed by atoms with van der Waals surface area (Å²) in [6, 6.07) is 8.19. The Balaban J connectivity index is 1.77. The van der Waals surface area contributed by atoms with Gasteiger partial charge in [0.2, 0.25) is 5.91 Å². The monoisotopic (exact) mass is 290 g/mol. The van der Waals surface area contributed by atoms with Crippen LogP contribution in [0.25, 0.3) is 0 Å². The topological polar surface area (TPSA) is 41.6 Å². The fourth-order valence-electron chi connectivity index (χ4n) is 2.45. The third-order valence-electron chi connectivity index (χ3n) is 3.65. The molecule has 1 heterocycles. The normalized spacial score (nSPS) is 16.1. The van der Waals surface area contributed by atoms with Gasteiger partial charge in [0.25, 0.3) is 0 Å². The molecule has 116 valence electrons. The molecule has 4 nitrogen and oxygen atoms in total. The summed E-state index contributed by atoms with van der Waals surface area (Å²) >= 11 is 0. The molecule has 0 saturated carbocycles. The van der Waals surface area contributed by atoms with E-state index in [1.54, 1.807) is 0 Å². The summed E-state index contributed by atoms with van der Waals surface area (Å²) in [7, 11) is 0. The van der Waals surface area contributed by atoms with Crippen molar-refractivity contribution in [3.05, 3.63) is 29.8 Å². The Hall–Kier alpha value is -1.39. The number of hydrogen-bond acceptors (Lipinski definition) is 3. The van der Waals surface area contributed by atoms with Gasteiger partial charge < -0.3 is 10.1 Å². The maximum absolute atomic E-state index is 11.7. The van der Waals surface area contributed by atoms with E-state index >= 15 is 0 Å². The number of nitrogens with zero attached hydrogens (tertiary/aromatic N) is 1. The lowest BCUT2D eigenvalue weighted by molar-refractivity contribution is -0.116. The van der Waals surface area contributed by atoms with Crippen molar-refractivity contribution in [1.82, 2.24) is 4.90 Å². The van der Waals surface area contributed by atoms with Crippen molar-refractivity contribution in [1.29, 1.82) is 0 Å². The van der Waals surface area contributed by atoms with Gasteiger partial charge in [-0.3, -0.25) is 9.69 Å². The van der Waals surface area contributed by atoms with Crippen LogP contribution >= 0.6 is 0 Å². The van der Waals surface area contributed by atoms with Crippen molar-refractivity contribution < 1.29 is 9.53 Å². The third kappa shape index (κ3) is 5.86. The largest absolute Gasteiger partial charge is 0.379 e. The van der Waals surface area contributed by atoms with Crippen molar-refractivity contribution in [2.75, 3.05) is 38.2 Å². The smallest absolute Gasteiger partial charge is 0.224 e. The van der Waals surface area contributed by atoms with Gasteiger partial charge in [0.15, 0.2) is 0 Å². The van der Waals surface area contributed by atoms with E-state index in [9.17, 15) is 4.79 Å². The molecule has 1 fully saturated rings. The molecule has 4 heteroatoms. The molecule has 0 atom stereocenters. The van der Waals surface area contributed by atoms with Crippen molar-refractivity contribution >= 4 is 11.6 Å².